The fourth-order valence-electron chi connectivity index (χ4n) is 2.55. The summed E-state index contributed by atoms with van der Waals surface area (Å²) in [5.41, 5.74) is 0.825. The quantitative estimate of drug-likeness (QED) is 0.532. The Kier molecular flexibility index (Phi) is 5.67. The Labute approximate surface area is 162 Å². The van der Waals surface area contributed by atoms with Crippen molar-refractivity contribution < 1.29 is 17.9 Å². The molecule has 2 heterocycles. The molecule has 0 amide bonds. The van der Waals surface area contributed by atoms with E-state index in [-0.39, 0.29) is 18.9 Å². The molecule has 142 valence electrons. The van der Waals surface area contributed by atoms with Crippen LogP contribution in [0.4, 0.5) is 13.2 Å². The van der Waals surface area contributed by atoms with Crippen LogP contribution in [0.3, 0.4) is 0 Å². The van der Waals surface area contributed by atoms with E-state index in [0.29, 0.717) is 38.2 Å². The largest absolute Gasteiger partial charge is 0.424 e. The van der Waals surface area contributed by atoms with Crippen molar-refractivity contribution in [3.05, 3.63) is 46.1 Å². The van der Waals surface area contributed by atoms with Crippen LogP contribution in [-0.2, 0) is 6.42 Å². The number of rotatable bonds is 5. The van der Waals surface area contributed by atoms with Gasteiger partial charge in [-0.2, -0.15) is 13.2 Å². The molecule has 0 atom stereocenters. The second-order valence-corrected chi connectivity index (χ2v) is 6.58. The number of alkyl halides is 3. The highest BCUT2D eigenvalue weighted by Crippen LogP contribution is 2.35. The van der Waals surface area contributed by atoms with E-state index in [1.165, 1.54) is 12.4 Å². The van der Waals surface area contributed by atoms with Crippen LogP contribution in [-0.4, -0.2) is 26.1 Å². The maximum Gasteiger partial charge on any atom is 0.389 e. The smallest absolute Gasteiger partial charge is 0.389 e. The summed E-state index contributed by atoms with van der Waals surface area (Å²) in [5.74, 6) is 0.713. The molecule has 10 heteroatoms. The van der Waals surface area contributed by atoms with Gasteiger partial charge in [0.1, 0.15) is 11.6 Å². The topological polar surface area (TPSA) is 60.8 Å². The number of hydrogen-bond acceptors (Lipinski definition) is 5. The number of benzene rings is 1. The van der Waals surface area contributed by atoms with Gasteiger partial charge in [-0.15, -0.1) is 0 Å². The Bertz CT molecular complexity index is 965. The van der Waals surface area contributed by atoms with Crippen molar-refractivity contribution in [3.63, 3.8) is 0 Å². The van der Waals surface area contributed by atoms with E-state index in [1.807, 2.05) is 0 Å². The van der Waals surface area contributed by atoms with Gasteiger partial charge in [0.2, 0.25) is 0 Å². The summed E-state index contributed by atoms with van der Waals surface area (Å²) >= 11 is 12.0. The molecule has 27 heavy (non-hydrogen) atoms. The number of hydrogen-bond donors (Lipinski definition) is 0. The maximum absolute atomic E-state index is 12.5. The minimum absolute atomic E-state index is 0.0323. The zero-order valence-corrected chi connectivity index (χ0v) is 15.5. The van der Waals surface area contributed by atoms with E-state index in [1.54, 1.807) is 19.1 Å². The van der Waals surface area contributed by atoms with Crippen LogP contribution >= 0.6 is 23.2 Å². The second kappa shape index (κ2) is 7.82. The summed E-state index contributed by atoms with van der Waals surface area (Å²) in [4.78, 5) is 16.5. The SMILES string of the molecule is Cc1nc(CCCC(F)(F)F)c2c(Oc3ncc(Cl)cn3)ccc(Cl)c2n1. The van der Waals surface area contributed by atoms with Gasteiger partial charge in [-0.1, -0.05) is 23.2 Å². The molecular formula is C17H13Cl2F3N4O. The first kappa shape index (κ1) is 19.6. The van der Waals surface area contributed by atoms with Crippen LogP contribution in [0.2, 0.25) is 10.0 Å². The van der Waals surface area contributed by atoms with Crippen LogP contribution in [0.15, 0.2) is 24.5 Å². The zero-order chi connectivity index (χ0) is 19.6. The molecule has 3 aromatic rings. The average molecular weight is 417 g/mol. The molecule has 0 saturated heterocycles. The predicted molar refractivity (Wildman–Crippen MR) is 95.4 cm³/mol. The molecule has 5 nitrogen and oxygen atoms in total. The molecule has 2 aromatic heterocycles. The second-order valence-electron chi connectivity index (χ2n) is 5.74. The van der Waals surface area contributed by atoms with Gasteiger partial charge in [-0.25, -0.2) is 19.9 Å². The summed E-state index contributed by atoms with van der Waals surface area (Å²) < 4.78 is 43.2. The van der Waals surface area contributed by atoms with Gasteiger partial charge in [0.15, 0.2) is 0 Å². The number of aryl methyl sites for hydroxylation is 2. The molecule has 0 spiro atoms. The molecule has 0 N–H and O–H groups in total. The van der Waals surface area contributed by atoms with E-state index in [2.05, 4.69) is 19.9 Å². The third kappa shape index (κ3) is 4.95. The summed E-state index contributed by atoms with van der Waals surface area (Å²) in [6.45, 7) is 1.65. The van der Waals surface area contributed by atoms with E-state index < -0.39 is 12.6 Å². The summed E-state index contributed by atoms with van der Waals surface area (Å²) in [6, 6.07) is 3.19. The van der Waals surface area contributed by atoms with Crippen LogP contribution in [0, 0.1) is 6.92 Å². The molecule has 3 rings (SSSR count). The van der Waals surface area contributed by atoms with Crippen molar-refractivity contribution >= 4 is 34.1 Å². The molecule has 0 aliphatic carbocycles. The molecule has 1 aromatic carbocycles. The molecular weight excluding hydrogens is 404 g/mol. The van der Waals surface area contributed by atoms with E-state index >= 15 is 0 Å². The lowest BCUT2D eigenvalue weighted by molar-refractivity contribution is -0.135. The minimum Gasteiger partial charge on any atom is -0.424 e. The number of nitrogens with zero attached hydrogens (tertiary/aromatic N) is 4. The summed E-state index contributed by atoms with van der Waals surface area (Å²) in [7, 11) is 0. The Hall–Kier alpha value is -2.19. The minimum atomic E-state index is -4.23. The first-order valence-corrected chi connectivity index (χ1v) is 8.66. The zero-order valence-electron chi connectivity index (χ0n) is 14.0. The molecule has 0 saturated carbocycles. The van der Waals surface area contributed by atoms with Crippen LogP contribution in [0.1, 0.15) is 24.4 Å². The van der Waals surface area contributed by atoms with E-state index in [0.717, 1.165) is 0 Å². The molecule has 0 radical (unpaired) electrons. The van der Waals surface area contributed by atoms with Gasteiger partial charge in [0.25, 0.3) is 0 Å². The molecule has 0 aliphatic heterocycles. The van der Waals surface area contributed by atoms with Crippen molar-refractivity contribution in [2.45, 2.75) is 32.4 Å². The fraction of sp³-hybridized carbons (Fsp3) is 0.294. The highest BCUT2D eigenvalue weighted by Gasteiger charge is 2.26. The van der Waals surface area contributed by atoms with Crippen LogP contribution in [0.5, 0.6) is 11.8 Å². The van der Waals surface area contributed by atoms with Crippen molar-refractivity contribution in [1.82, 2.24) is 19.9 Å². The summed E-state index contributed by atoms with van der Waals surface area (Å²) in [5, 5.41) is 1.13. The number of ether oxygens (including phenoxy) is 1. The van der Waals surface area contributed by atoms with Gasteiger partial charge in [-0.05, 0) is 31.9 Å². The lowest BCUT2D eigenvalue weighted by Gasteiger charge is -2.13. The lowest BCUT2D eigenvalue weighted by Crippen LogP contribution is -2.08. The number of fused-ring (bicyclic) bond motifs is 1. The molecule has 0 aliphatic rings. The number of aromatic nitrogens is 4. The first-order valence-electron chi connectivity index (χ1n) is 7.91. The third-order valence-corrected chi connectivity index (χ3v) is 4.12. The molecule has 0 unspecified atom stereocenters. The first-order chi connectivity index (χ1) is 12.7. The van der Waals surface area contributed by atoms with E-state index in [9.17, 15) is 13.2 Å². The van der Waals surface area contributed by atoms with Gasteiger partial charge in [0.05, 0.1) is 39.0 Å². The third-order valence-electron chi connectivity index (χ3n) is 3.62. The Morgan fingerprint density at radius 2 is 1.78 bits per heavy atom. The van der Waals surface area contributed by atoms with Crippen molar-refractivity contribution in [1.29, 1.82) is 0 Å². The Morgan fingerprint density at radius 3 is 2.44 bits per heavy atom. The standard InChI is InChI=1S/C17H13Cl2F3N4O/c1-9-25-12(3-2-6-17(20,21)22)14-13(5-4-11(19)15(14)26-9)27-16-23-7-10(18)8-24-16/h4-5,7-8H,2-3,6H2,1H3. The van der Waals surface area contributed by atoms with Gasteiger partial charge in [0, 0.05) is 6.42 Å². The normalized spacial score (nSPS) is 11.8. The van der Waals surface area contributed by atoms with Crippen molar-refractivity contribution in [2.75, 3.05) is 0 Å². The van der Waals surface area contributed by atoms with Gasteiger partial charge in [-0.3, -0.25) is 0 Å². The Morgan fingerprint density at radius 1 is 1.07 bits per heavy atom. The highest BCUT2D eigenvalue weighted by atomic mass is 35.5. The predicted octanol–water partition coefficient (Wildman–Crippen LogP) is 5.71. The maximum atomic E-state index is 12.5. The number of halogens is 5. The van der Waals surface area contributed by atoms with Crippen LogP contribution < -0.4 is 4.74 Å². The highest BCUT2D eigenvalue weighted by molar-refractivity contribution is 6.35. The monoisotopic (exact) mass is 416 g/mol. The Balaban J connectivity index is 2.02. The summed E-state index contributed by atoms with van der Waals surface area (Å²) in [6.07, 6.45) is -2.42. The van der Waals surface area contributed by atoms with Gasteiger partial charge < -0.3 is 4.74 Å². The fourth-order valence-corrected chi connectivity index (χ4v) is 2.84. The van der Waals surface area contributed by atoms with Crippen molar-refractivity contribution in [3.8, 4) is 11.8 Å². The van der Waals surface area contributed by atoms with Crippen molar-refractivity contribution in [2.24, 2.45) is 0 Å². The molecule has 0 bridgehead atoms. The average Bonchev–Trinajstić information content (AvgIpc) is 2.58. The lowest BCUT2D eigenvalue weighted by atomic mass is 10.1. The van der Waals surface area contributed by atoms with Crippen LogP contribution in [0.25, 0.3) is 10.9 Å². The molecule has 0 fully saturated rings. The van der Waals surface area contributed by atoms with E-state index in [4.69, 9.17) is 27.9 Å². The van der Waals surface area contributed by atoms with Gasteiger partial charge >= 0.3 is 12.2 Å².